The summed E-state index contributed by atoms with van der Waals surface area (Å²) in [6, 6.07) is -0.312. The minimum Gasteiger partial charge on any atom is -0.343 e. The van der Waals surface area contributed by atoms with Gasteiger partial charge in [0.1, 0.15) is 6.04 Å². The van der Waals surface area contributed by atoms with Gasteiger partial charge in [0, 0.05) is 6.54 Å². The SMILES string of the molecule is CC(C)CC1NC(=O)CN(CC2CC2(C)C)C1=O. The fourth-order valence-corrected chi connectivity index (χ4v) is 2.71. The normalized spacial score (nSPS) is 30.6. The highest BCUT2D eigenvalue weighted by molar-refractivity contribution is 5.94. The van der Waals surface area contributed by atoms with Crippen LogP contribution in [0.4, 0.5) is 0 Å². The molecular formula is C14H24N2O2. The van der Waals surface area contributed by atoms with Gasteiger partial charge in [-0.3, -0.25) is 9.59 Å². The number of piperazine rings is 1. The van der Waals surface area contributed by atoms with E-state index in [4.69, 9.17) is 0 Å². The molecule has 2 amide bonds. The largest absolute Gasteiger partial charge is 0.343 e. The van der Waals surface area contributed by atoms with Crippen molar-refractivity contribution in [2.45, 2.75) is 46.6 Å². The number of rotatable bonds is 4. The van der Waals surface area contributed by atoms with Crippen LogP contribution in [0.2, 0.25) is 0 Å². The van der Waals surface area contributed by atoms with Crippen LogP contribution in [0.1, 0.15) is 40.5 Å². The van der Waals surface area contributed by atoms with E-state index in [0.29, 0.717) is 17.3 Å². The van der Waals surface area contributed by atoms with Gasteiger partial charge >= 0.3 is 0 Å². The van der Waals surface area contributed by atoms with Crippen LogP contribution in [-0.2, 0) is 9.59 Å². The summed E-state index contributed by atoms with van der Waals surface area (Å²) in [5, 5.41) is 2.81. The Morgan fingerprint density at radius 2 is 2.00 bits per heavy atom. The highest BCUT2D eigenvalue weighted by atomic mass is 16.2. The van der Waals surface area contributed by atoms with Crippen molar-refractivity contribution in [3.63, 3.8) is 0 Å². The van der Waals surface area contributed by atoms with Crippen molar-refractivity contribution in [1.82, 2.24) is 10.2 Å². The molecule has 1 N–H and O–H groups in total. The minimum atomic E-state index is -0.312. The average molecular weight is 252 g/mol. The lowest BCUT2D eigenvalue weighted by atomic mass is 10.0. The maximum atomic E-state index is 12.3. The number of nitrogens with zero attached hydrogens (tertiary/aromatic N) is 1. The lowest BCUT2D eigenvalue weighted by molar-refractivity contribution is -0.145. The molecule has 0 aromatic carbocycles. The summed E-state index contributed by atoms with van der Waals surface area (Å²) in [5.41, 5.74) is 0.349. The predicted molar refractivity (Wildman–Crippen MR) is 69.9 cm³/mol. The molecule has 1 saturated heterocycles. The van der Waals surface area contributed by atoms with E-state index in [1.807, 2.05) is 0 Å². The summed E-state index contributed by atoms with van der Waals surface area (Å²) in [4.78, 5) is 25.7. The van der Waals surface area contributed by atoms with Gasteiger partial charge in [-0.2, -0.15) is 0 Å². The molecule has 0 aromatic heterocycles. The van der Waals surface area contributed by atoms with Gasteiger partial charge in [-0.25, -0.2) is 0 Å². The summed E-state index contributed by atoms with van der Waals surface area (Å²) in [6.45, 7) is 9.56. The molecule has 1 heterocycles. The molecule has 4 nitrogen and oxygen atoms in total. The molecule has 102 valence electrons. The van der Waals surface area contributed by atoms with E-state index in [-0.39, 0.29) is 24.4 Å². The Bertz CT molecular complexity index is 363. The molecule has 0 radical (unpaired) electrons. The zero-order chi connectivity index (χ0) is 13.5. The van der Waals surface area contributed by atoms with E-state index in [1.165, 1.54) is 0 Å². The summed E-state index contributed by atoms with van der Waals surface area (Å²) in [5.74, 6) is 1.06. The first kappa shape index (κ1) is 13.4. The van der Waals surface area contributed by atoms with Crippen LogP contribution in [0.25, 0.3) is 0 Å². The molecule has 0 aromatic rings. The zero-order valence-corrected chi connectivity index (χ0v) is 11.8. The fraction of sp³-hybridized carbons (Fsp3) is 0.857. The lowest BCUT2D eigenvalue weighted by Crippen LogP contribution is -2.58. The Morgan fingerprint density at radius 3 is 2.50 bits per heavy atom. The van der Waals surface area contributed by atoms with Crippen molar-refractivity contribution in [2.24, 2.45) is 17.3 Å². The highest BCUT2D eigenvalue weighted by Gasteiger charge is 2.47. The van der Waals surface area contributed by atoms with Gasteiger partial charge in [0.15, 0.2) is 0 Å². The molecule has 0 bridgehead atoms. The number of hydrogen-bond donors (Lipinski definition) is 1. The van der Waals surface area contributed by atoms with E-state index < -0.39 is 0 Å². The van der Waals surface area contributed by atoms with Gasteiger partial charge in [0.2, 0.25) is 11.8 Å². The van der Waals surface area contributed by atoms with Crippen molar-refractivity contribution in [2.75, 3.05) is 13.1 Å². The van der Waals surface area contributed by atoms with Crippen molar-refractivity contribution in [3.8, 4) is 0 Å². The number of carbonyl (C=O) groups excluding carboxylic acids is 2. The first-order valence-corrected chi connectivity index (χ1v) is 6.88. The smallest absolute Gasteiger partial charge is 0.245 e. The van der Waals surface area contributed by atoms with Gasteiger partial charge in [0.05, 0.1) is 6.54 Å². The summed E-state index contributed by atoms with van der Waals surface area (Å²) < 4.78 is 0. The first-order valence-electron chi connectivity index (χ1n) is 6.88. The Hall–Kier alpha value is -1.06. The standard InChI is InChI=1S/C14H24N2O2/c1-9(2)5-11-13(18)16(8-12(17)15-11)7-10-6-14(10,3)4/h9-11H,5-8H2,1-4H3,(H,15,17). The Morgan fingerprint density at radius 1 is 1.39 bits per heavy atom. The molecule has 1 saturated carbocycles. The van der Waals surface area contributed by atoms with Crippen molar-refractivity contribution < 1.29 is 9.59 Å². The molecule has 2 unspecified atom stereocenters. The van der Waals surface area contributed by atoms with E-state index in [1.54, 1.807) is 4.90 Å². The van der Waals surface area contributed by atoms with E-state index >= 15 is 0 Å². The third-order valence-corrected chi connectivity index (χ3v) is 4.14. The van der Waals surface area contributed by atoms with Crippen molar-refractivity contribution in [1.29, 1.82) is 0 Å². The van der Waals surface area contributed by atoms with Gasteiger partial charge < -0.3 is 10.2 Å². The van der Waals surface area contributed by atoms with Crippen LogP contribution < -0.4 is 5.32 Å². The Labute approximate surface area is 109 Å². The monoisotopic (exact) mass is 252 g/mol. The molecule has 2 fully saturated rings. The van der Waals surface area contributed by atoms with E-state index in [2.05, 4.69) is 33.0 Å². The molecule has 2 rings (SSSR count). The second-order valence-corrected chi connectivity index (χ2v) is 6.86. The molecule has 1 aliphatic carbocycles. The topological polar surface area (TPSA) is 49.4 Å². The van der Waals surface area contributed by atoms with E-state index in [9.17, 15) is 9.59 Å². The van der Waals surface area contributed by atoms with Crippen LogP contribution in [0, 0.1) is 17.3 Å². The second kappa shape index (κ2) is 4.56. The molecular weight excluding hydrogens is 228 g/mol. The molecule has 18 heavy (non-hydrogen) atoms. The molecule has 0 spiro atoms. The van der Waals surface area contributed by atoms with E-state index in [0.717, 1.165) is 19.4 Å². The molecule has 4 heteroatoms. The number of carbonyl (C=O) groups is 2. The third-order valence-electron chi connectivity index (χ3n) is 4.14. The maximum absolute atomic E-state index is 12.3. The minimum absolute atomic E-state index is 0.0151. The summed E-state index contributed by atoms with van der Waals surface area (Å²) in [7, 11) is 0. The van der Waals surface area contributed by atoms with Gasteiger partial charge in [-0.1, -0.05) is 27.7 Å². The molecule has 1 aliphatic heterocycles. The first-order chi connectivity index (χ1) is 8.29. The zero-order valence-electron chi connectivity index (χ0n) is 11.8. The van der Waals surface area contributed by atoms with Crippen molar-refractivity contribution >= 4 is 11.8 Å². The van der Waals surface area contributed by atoms with Gasteiger partial charge in [-0.15, -0.1) is 0 Å². The number of amides is 2. The Balaban J connectivity index is 1.97. The average Bonchev–Trinajstić information content (AvgIpc) is 2.80. The highest BCUT2D eigenvalue weighted by Crippen LogP contribution is 2.51. The maximum Gasteiger partial charge on any atom is 0.245 e. The van der Waals surface area contributed by atoms with Crippen LogP contribution in [0.3, 0.4) is 0 Å². The van der Waals surface area contributed by atoms with Gasteiger partial charge in [0.25, 0.3) is 0 Å². The number of nitrogens with one attached hydrogen (secondary N) is 1. The van der Waals surface area contributed by atoms with Crippen LogP contribution in [0.5, 0.6) is 0 Å². The van der Waals surface area contributed by atoms with Crippen LogP contribution >= 0.6 is 0 Å². The Kier molecular flexibility index (Phi) is 3.39. The fourth-order valence-electron chi connectivity index (χ4n) is 2.71. The van der Waals surface area contributed by atoms with Crippen LogP contribution in [-0.4, -0.2) is 35.8 Å². The summed E-state index contributed by atoms with van der Waals surface area (Å²) in [6.07, 6.45) is 1.89. The quantitative estimate of drug-likeness (QED) is 0.822. The van der Waals surface area contributed by atoms with Gasteiger partial charge in [-0.05, 0) is 30.1 Å². The second-order valence-electron chi connectivity index (χ2n) is 6.86. The predicted octanol–water partition coefficient (Wildman–Crippen LogP) is 1.41. The molecule has 2 aliphatic rings. The summed E-state index contributed by atoms with van der Waals surface area (Å²) >= 11 is 0. The number of hydrogen-bond acceptors (Lipinski definition) is 2. The van der Waals surface area contributed by atoms with Crippen molar-refractivity contribution in [3.05, 3.63) is 0 Å². The lowest BCUT2D eigenvalue weighted by Gasteiger charge is -2.33. The van der Waals surface area contributed by atoms with Crippen LogP contribution in [0.15, 0.2) is 0 Å². The third kappa shape index (κ3) is 2.85. The molecule has 2 atom stereocenters.